The van der Waals surface area contributed by atoms with E-state index in [1.54, 1.807) is 37.3 Å². The third-order valence-corrected chi connectivity index (χ3v) is 6.19. The average Bonchev–Trinajstić information content (AvgIpc) is 2.66. The second-order valence-corrected chi connectivity index (χ2v) is 8.13. The fourth-order valence-corrected chi connectivity index (χ4v) is 4.08. The number of rotatable bonds is 8. The molecule has 0 saturated heterocycles. The molecule has 2 aromatic carbocycles. The van der Waals surface area contributed by atoms with E-state index in [2.05, 4.69) is 4.72 Å². The Labute approximate surface area is 157 Å². The van der Waals surface area contributed by atoms with E-state index in [1.807, 2.05) is 0 Å². The van der Waals surface area contributed by atoms with Gasteiger partial charge in [-0.15, -0.1) is 0 Å². The molecule has 1 unspecified atom stereocenters. The van der Waals surface area contributed by atoms with E-state index in [-0.39, 0.29) is 6.54 Å². The van der Waals surface area contributed by atoms with Crippen LogP contribution in [0.1, 0.15) is 19.4 Å². The molecule has 0 spiro atoms. The largest absolute Gasteiger partial charge is 0.481 e. The second-order valence-electron chi connectivity index (χ2n) is 6.39. The first-order valence-electron chi connectivity index (χ1n) is 8.11. The van der Waals surface area contributed by atoms with E-state index in [0.29, 0.717) is 5.56 Å². The molecule has 0 amide bonds. The minimum Gasteiger partial charge on any atom is -0.481 e. The first-order chi connectivity index (χ1) is 12.6. The number of sulfonamides is 1. The zero-order chi connectivity index (χ0) is 20.2. The molecule has 0 saturated carbocycles. The molecule has 0 fully saturated rings. The number of nitrogens with zero attached hydrogens (tertiary/aromatic N) is 1. The number of carbonyl (C=O) groups is 1. The Morgan fingerprint density at radius 3 is 2.30 bits per heavy atom. The van der Waals surface area contributed by atoms with Crippen LogP contribution in [0.5, 0.6) is 0 Å². The van der Waals surface area contributed by atoms with Crippen LogP contribution in [0.3, 0.4) is 0 Å². The van der Waals surface area contributed by atoms with Gasteiger partial charge in [-0.1, -0.05) is 56.3 Å². The number of nitro groups is 1. The summed E-state index contributed by atoms with van der Waals surface area (Å²) in [4.78, 5) is 21.5. The third-order valence-electron chi connectivity index (χ3n) is 4.74. The molecule has 2 aromatic rings. The number of para-hydroxylation sites is 1. The highest BCUT2D eigenvalue weighted by Crippen LogP contribution is 2.33. The molecular formula is C18H20N2O6S. The number of hydrogen-bond acceptors (Lipinski definition) is 5. The lowest BCUT2D eigenvalue weighted by molar-refractivity contribution is -0.387. The van der Waals surface area contributed by atoms with Gasteiger partial charge in [0, 0.05) is 18.0 Å². The van der Waals surface area contributed by atoms with E-state index in [9.17, 15) is 28.4 Å². The molecule has 0 aliphatic rings. The summed E-state index contributed by atoms with van der Waals surface area (Å²) in [6.07, 6.45) is 0. The molecule has 27 heavy (non-hydrogen) atoms. The number of aliphatic carboxylic acids is 1. The molecule has 144 valence electrons. The Bertz CT molecular complexity index is 945. The first kappa shape index (κ1) is 20.5. The van der Waals surface area contributed by atoms with Crippen molar-refractivity contribution in [1.29, 1.82) is 0 Å². The van der Waals surface area contributed by atoms with Crippen LogP contribution in [0, 0.1) is 16.0 Å². The second kappa shape index (κ2) is 7.85. The summed E-state index contributed by atoms with van der Waals surface area (Å²) in [6.45, 7) is 2.90. The minimum absolute atomic E-state index is 0.237. The van der Waals surface area contributed by atoms with Gasteiger partial charge < -0.3 is 5.11 Å². The lowest BCUT2D eigenvalue weighted by Crippen LogP contribution is -2.45. The van der Waals surface area contributed by atoms with Gasteiger partial charge >= 0.3 is 5.97 Å². The van der Waals surface area contributed by atoms with Gasteiger partial charge in [0.25, 0.3) is 5.69 Å². The quantitative estimate of drug-likeness (QED) is 0.525. The lowest BCUT2D eigenvalue weighted by atomic mass is 9.72. The van der Waals surface area contributed by atoms with Crippen molar-refractivity contribution in [1.82, 2.24) is 4.72 Å². The normalized spacial score (nSPS) is 14.9. The van der Waals surface area contributed by atoms with Crippen molar-refractivity contribution >= 4 is 21.7 Å². The molecule has 9 heteroatoms. The standard InChI is InChI=1S/C18H20N2O6S/c1-13(17(21)22)18(2,14-8-4-3-5-9-14)12-19-27(25,26)16-11-7-6-10-15(16)20(23)24/h3-11,13,19H,12H2,1-2H3,(H,21,22)/t13-,18?/m1/s1. The van der Waals surface area contributed by atoms with Gasteiger partial charge in [0.1, 0.15) is 0 Å². The summed E-state index contributed by atoms with van der Waals surface area (Å²) < 4.78 is 27.7. The number of hydrogen-bond donors (Lipinski definition) is 2. The van der Waals surface area contributed by atoms with Gasteiger partial charge in [-0.05, 0) is 11.6 Å². The maximum Gasteiger partial charge on any atom is 0.307 e. The summed E-state index contributed by atoms with van der Waals surface area (Å²) in [7, 11) is -4.22. The SMILES string of the molecule is C[C@H](C(=O)O)C(C)(CNS(=O)(=O)c1ccccc1[N+](=O)[O-])c1ccccc1. The number of carboxylic acids is 1. The van der Waals surface area contributed by atoms with E-state index < -0.39 is 42.8 Å². The number of nitrogens with one attached hydrogen (secondary N) is 1. The Morgan fingerprint density at radius 1 is 1.19 bits per heavy atom. The number of nitro benzene ring substituents is 1. The highest BCUT2D eigenvalue weighted by molar-refractivity contribution is 7.89. The van der Waals surface area contributed by atoms with Crippen molar-refractivity contribution in [3.8, 4) is 0 Å². The van der Waals surface area contributed by atoms with Gasteiger partial charge in [-0.3, -0.25) is 14.9 Å². The summed E-state index contributed by atoms with van der Waals surface area (Å²) >= 11 is 0. The van der Waals surface area contributed by atoms with E-state index in [0.717, 1.165) is 12.1 Å². The molecule has 2 N–H and O–H groups in total. The molecular weight excluding hydrogens is 372 g/mol. The molecule has 0 bridgehead atoms. The van der Waals surface area contributed by atoms with Crippen molar-refractivity contribution in [2.45, 2.75) is 24.2 Å². The molecule has 0 aromatic heterocycles. The maximum absolute atomic E-state index is 12.7. The summed E-state index contributed by atoms with van der Waals surface area (Å²) in [5, 5.41) is 20.6. The van der Waals surface area contributed by atoms with E-state index in [1.165, 1.54) is 19.1 Å². The molecule has 0 radical (unpaired) electrons. The molecule has 0 aliphatic heterocycles. The molecule has 0 heterocycles. The van der Waals surface area contributed by atoms with Crippen molar-refractivity contribution in [3.05, 3.63) is 70.3 Å². The van der Waals surface area contributed by atoms with Gasteiger partial charge in [0.2, 0.25) is 10.0 Å². The summed E-state index contributed by atoms with van der Waals surface area (Å²) in [5.74, 6) is -1.99. The Hall–Kier alpha value is -2.78. The predicted octanol–water partition coefficient (Wildman–Crippen LogP) is 2.55. The summed E-state index contributed by atoms with van der Waals surface area (Å²) in [6, 6.07) is 13.7. The van der Waals surface area contributed by atoms with E-state index in [4.69, 9.17) is 0 Å². The van der Waals surface area contributed by atoms with Gasteiger partial charge in [0.15, 0.2) is 4.90 Å². The Morgan fingerprint density at radius 2 is 1.74 bits per heavy atom. The first-order valence-corrected chi connectivity index (χ1v) is 9.59. The fraction of sp³-hybridized carbons (Fsp3) is 0.278. The smallest absolute Gasteiger partial charge is 0.307 e. The highest BCUT2D eigenvalue weighted by atomic mass is 32.2. The Kier molecular flexibility index (Phi) is 5.97. The van der Waals surface area contributed by atoms with Crippen molar-refractivity contribution in [2.24, 2.45) is 5.92 Å². The average molecular weight is 392 g/mol. The van der Waals surface area contributed by atoms with Crippen molar-refractivity contribution in [2.75, 3.05) is 6.54 Å². The molecule has 8 nitrogen and oxygen atoms in total. The zero-order valence-corrected chi connectivity index (χ0v) is 15.6. The van der Waals surface area contributed by atoms with Gasteiger partial charge in [0.05, 0.1) is 10.8 Å². The van der Waals surface area contributed by atoms with Crippen LogP contribution in [0.2, 0.25) is 0 Å². The van der Waals surface area contributed by atoms with Crippen LogP contribution in [-0.4, -0.2) is 31.0 Å². The highest BCUT2D eigenvalue weighted by Gasteiger charge is 2.39. The van der Waals surface area contributed by atoms with E-state index >= 15 is 0 Å². The maximum atomic E-state index is 12.7. The van der Waals surface area contributed by atoms with Crippen LogP contribution in [-0.2, 0) is 20.2 Å². The molecule has 0 aliphatic carbocycles. The van der Waals surface area contributed by atoms with Gasteiger partial charge in [-0.2, -0.15) is 0 Å². The van der Waals surface area contributed by atoms with Crippen molar-refractivity contribution in [3.63, 3.8) is 0 Å². The third kappa shape index (κ3) is 4.32. The predicted molar refractivity (Wildman–Crippen MR) is 98.9 cm³/mol. The van der Waals surface area contributed by atoms with Crippen LogP contribution >= 0.6 is 0 Å². The fourth-order valence-electron chi connectivity index (χ4n) is 2.75. The molecule has 2 atom stereocenters. The Balaban J connectivity index is 2.40. The summed E-state index contributed by atoms with van der Waals surface area (Å²) in [5.41, 5.74) is -0.966. The number of carboxylic acid groups (broad SMARTS) is 1. The monoisotopic (exact) mass is 392 g/mol. The minimum atomic E-state index is -4.22. The van der Waals surface area contributed by atoms with Crippen LogP contribution in [0.4, 0.5) is 5.69 Å². The molecule has 2 rings (SSSR count). The lowest BCUT2D eigenvalue weighted by Gasteiger charge is -2.34. The van der Waals surface area contributed by atoms with Crippen molar-refractivity contribution < 1.29 is 23.2 Å². The topological polar surface area (TPSA) is 127 Å². The van der Waals surface area contributed by atoms with Crippen LogP contribution in [0.15, 0.2) is 59.5 Å². The number of benzene rings is 2. The van der Waals surface area contributed by atoms with Crippen LogP contribution in [0.25, 0.3) is 0 Å². The van der Waals surface area contributed by atoms with Crippen LogP contribution < -0.4 is 4.72 Å². The van der Waals surface area contributed by atoms with Gasteiger partial charge in [-0.25, -0.2) is 13.1 Å². The zero-order valence-electron chi connectivity index (χ0n) is 14.8.